The molecule has 4 aromatic rings. The molecule has 11 heteroatoms. The summed E-state index contributed by atoms with van der Waals surface area (Å²) in [6.45, 7) is 3.63. The Morgan fingerprint density at radius 2 is 2.03 bits per heavy atom. The van der Waals surface area contributed by atoms with Gasteiger partial charge in [-0.2, -0.15) is 0 Å². The Kier molecular flexibility index (Phi) is 7.14. The monoisotopic (exact) mass is 508 g/mol. The molecule has 0 radical (unpaired) electrons. The minimum Gasteiger partial charge on any atom is -0.493 e. The molecule has 0 fully saturated rings. The third-order valence-electron chi connectivity index (χ3n) is 4.91. The number of carbonyl (C=O) groups excluding carboxylic acids is 1. The number of rotatable bonds is 8. The number of ether oxygens (including phenoxy) is 2. The number of halogens is 1. The van der Waals surface area contributed by atoms with Crippen molar-refractivity contribution in [1.29, 1.82) is 0 Å². The number of aliphatic imine (C=N–C) groups is 1. The van der Waals surface area contributed by atoms with E-state index in [4.69, 9.17) is 31.8 Å². The zero-order valence-electron chi connectivity index (χ0n) is 18.9. The van der Waals surface area contributed by atoms with Crippen LogP contribution in [-0.2, 0) is 0 Å². The zero-order valence-corrected chi connectivity index (χ0v) is 20.4. The van der Waals surface area contributed by atoms with E-state index in [0.717, 1.165) is 11.9 Å². The minimum atomic E-state index is -0.411. The smallest absolute Gasteiger partial charge is 0.269 e. The van der Waals surface area contributed by atoms with Gasteiger partial charge in [0.2, 0.25) is 0 Å². The van der Waals surface area contributed by atoms with Crippen molar-refractivity contribution in [2.75, 3.05) is 14.2 Å². The van der Waals surface area contributed by atoms with Crippen LogP contribution in [0.2, 0.25) is 5.02 Å². The molecule has 0 unspecified atom stereocenters. The third kappa shape index (κ3) is 4.88. The summed E-state index contributed by atoms with van der Waals surface area (Å²) in [5.41, 5.74) is 7.97. The number of amides is 1. The van der Waals surface area contributed by atoms with E-state index in [1.807, 2.05) is 12.1 Å². The largest absolute Gasteiger partial charge is 0.493 e. The topological polar surface area (TPSA) is 117 Å². The molecule has 4 rings (SSSR count). The molecule has 0 bridgehead atoms. The molecule has 0 saturated carbocycles. The van der Waals surface area contributed by atoms with Crippen LogP contribution in [0, 0.1) is 0 Å². The van der Waals surface area contributed by atoms with E-state index >= 15 is 0 Å². The Bertz CT molecular complexity index is 1470. The average Bonchev–Trinajstić information content (AvgIpc) is 3.47. The van der Waals surface area contributed by atoms with Crippen molar-refractivity contribution in [2.45, 2.75) is 0 Å². The molecule has 35 heavy (non-hydrogen) atoms. The van der Waals surface area contributed by atoms with E-state index < -0.39 is 5.91 Å². The normalized spacial score (nSPS) is 11.7. The van der Waals surface area contributed by atoms with Crippen LogP contribution in [0.1, 0.15) is 9.67 Å². The van der Waals surface area contributed by atoms with Gasteiger partial charge in [-0.1, -0.05) is 47.7 Å². The first-order valence-corrected chi connectivity index (χ1v) is 11.4. The second kappa shape index (κ2) is 10.4. The Labute approximate surface area is 210 Å². The van der Waals surface area contributed by atoms with Crippen LogP contribution in [0.5, 0.6) is 11.5 Å². The van der Waals surface area contributed by atoms with Gasteiger partial charge in [0.1, 0.15) is 17.0 Å². The van der Waals surface area contributed by atoms with Gasteiger partial charge in [0.25, 0.3) is 5.91 Å². The molecule has 0 spiro atoms. The number of nitrogens with zero attached hydrogens (tertiary/aromatic N) is 4. The highest BCUT2D eigenvalue weighted by atomic mass is 35.5. The van der Waals surface area contributed by atoms with Gasteiger partial charge >= 0.3 is 0 Å². The number of hydrogen-bond donors (Lipinski definition) is 2. The first-order chi connectivity index (χ1) is 17.0. The maximum absolute atomic E-state index is 13.3. The quantitative estimate of drug-likeness (QED) is 0.205. The van der Waals surface area contributed by atoms with Crippen LogP contribution >= 0.6 is 22.9 Å². The lowest BCUT2D eigenvalue weighted by molar-refractivity contribution is 0.0970. The van der Waals surface area contributed by atoms with Crippen LogP contribution in [0.25, 0.3) is 27.4 Å². The lowest BCUT2D eigenvalue weighted by atomic mass is 10.1. The Morgan fingerprint density at radius 3 is 2.71 bits per heavy atom. The van der Waals surface area contributed by atoms with Crippen molar-refractivity contribution in [3.63, 3.8) is 0 Å². The van der Waals surface area contributed by atoms with E-state index in [0.29, 0.717) is 43.3 Å². The van der Waals surface area contributed by atoms with Crippen molar-refractivity contribution in [2.24, 2.45) is 10.7 Å². The average molecular weight is 509 g/mol. The molecule has 178 valence electrons. The fourth-order valence-corrected chi connectivity index (χ4v) is 4.53. The van der Waals surface area contributed by atoms with Crippen LogP contribution in [0.3, 0.4) is 0 Å². The van der Waals surface area contributed by atoms with Gasteiger partial charge in [-0.15, -0.1) is 0 Å². The highest BCUT2D eigenvalue weighted by Gasteiger charge is 2.23. The van der Waals surface area contributed by atoms with Crippen molar-refractivity contribution >= 4 is 46.2 Å². The summed E-state index contributed by atoms with van der Waals surface area (Å²) in [6.07, 6.45) is 5.75. The predicted octanol–water partition coefficient (Wildman–Crippen LogP) is 4.56. The first-order valence-electron chi connectivity index (χ1n) is 10.2. The maximum Gasteiger partial charge on any atom is 0.269 e. The molecule has 0 aliphatic rings. The molecule has 3 N–H and O–H groups in total. The zero-order chi connectivity index (χ0) is 24.9. The molecule has 0 aliphatic heterocycles. The second-order valence-electron chi connectivity index (χ2n) is 7.01. The number of imidazole rings is 1. The number of carbonyl (C=O) groups is 1. The molecule has 0 aliphatic carbocycles. The summed E-state index contributed by atoms with van der Waals surface area (Å²) in [4.78, 5) is 26.9. The highest BCUT2D eigenvalue weighted by molar-refractivity contribution is 7.16. The van der Waals surface area contributed by atoms with Crippen molar-refractivity contribution < 1.29 is 14.3 Å². The minimum absolute atomic E-state index is 0.240. The summed E-state index contributed by atoms with van der Waals surface area (Å²) >= 11 is 7.41. The molecule has 1 amide bonds. The SMILES string of the molecule is C=C/C=C(\N=CN)NC(=O)c1sc(-n2cnc3cc(OC)c(OC)cc32)nc1-c1cccc(Cl)c1. The molecule has 0 atom stereocenters. The van der Waals surface area contributed by atoms with Gasteiger partial charge < -0.3 is 20.5 Å². The molecular weight excluding hydrogens is 488 g/mol. The summed E-state index contributed by atoms with van der Waals surface area (Å²) < 4.78 is 12.6. The van der Waals surface area contributed by atoms with Gasteiger partial charge in [0, 0.05) is 22.7 Å². The molecule has 9 nitrogen and oxygen atoms in total. The van der Waals surface area contributed by atoms with Crippen molar-refractivity contribution in [3.8, 4) is 27.9 Å². The molecule has 2 aromatic carbocycles. The maximum atomic E-state index is 13.3. The van der Waals surface area contributed by atoms with Crippen LogP contribution in [0.4, 0.5) is 0 Å². The van der Waals surface area contributed by atoms with Crippen LogP contribution in [0.15, 0.2) is 72.3 Å². The summed E-state index contributed by atoms with van der Waals surface area (Å²) in [7, 11) is 3.12. The van der Waals surface area contributed by atoms with Gasteiger partial charge in [-0.3, -0.25) is 9.36 Å². The molecular formula is C24H21ClN6O3S. The van der Waals surface area contributed by atoms with Gasteiger partial charge in [0.05, 0.1) is 37.3 Å². The molecule has 2 aromatic heterocycles. The summed E-state index contributed by atoms with van der Waals surface area (Å²) in [5, 5.41) is 3.78. The fraction of sp³-hybridized carbons (Fsp3) is 0.0833. The fourth-order valence-electron chi connectivity index (χ4n) is 3.37. The highest BCUT2D eigenvalue weighted by Crippen LogP contribution is 2.36. The van der Waals surface area contributed by atoms with Gasteiger partial charge in [0.15, 0.2) is 16.6 Å². The number of nitrogens with two attached hydrogens (primary N) is 1. The van der Waals surface area contributed by atoms with Crippen LogP contribution < -0.4 is 20.5 Å². The van der Waals surface area contributed by atoms with Crippen LogP contribution in [-0.4, -0.2) is 41.0 Å². The number of fused-ring (bicyclic) bond motifs is 1. The molecule has 0 saturated heterocycles. The van der Waals surface area contributed by atoms with Gasteiger partial charge in [-0.05, 0) is 18.2 Å². The van der Waals surface area contributed by atoms with Gasteiger partial charge in [-0.25, -0.2) is 15.0 Å². The van der Waals surface area contributed by atoms with E-state index in [1.165, 1.54) is 23.5 Å². The van der Waals surface area contributed by atoms with Crippen molar-refractivity contribution in [1.82, 2.24) is 19.9 Å². The Hall–Kier alpha value is -4.15. The standard InChI is InChI=1S/C24H21ClN6O3S/c1-4-6-20(27-12-26)29-23(32)22-21(14-7-5-8-15(25)9-14)30-24(35-22)31-13-28-16-10-18(33-2)19(34-3)11-17(16)31/h4-13H,1H2,2-3H3,(H2,26,27)(H,29,32)/b20-6+. The lowest BCUT2D eigenvalue weighted by Crippen LogP contribution is -2.22. The second-order valence-corrected chi connectivity index (χ2v) is 8.43. The van der Waals surface area contributed by atoms with E-state index in [2.05, 4.69) is 21.9 Å². The number of allylic oxidation sites excluding steroid dienone is 2. The summed E-state index contributed by atoms with van der Waals surface area (Å²) in [6, 6.07) is 10.7. The lowest BCUT2D eigenvalue weighted by Gasteiger charge is -2.07. The van der Waals surface area contributed by atoms with E-state index in [-0.39, 0.29) is 5.82 Å². The van der Waals surface area contributed by atoms with Crippen molar-refractivity contribution in [3.05, 3.63) is 77.2 Å². The first kappa shape index (κ1) is 24.0. The third-order valence-corrected chi connectivity index (χ3v) is 6.20. The van der Waals surface area contributed by atoms with E-state index in [1.54, 1.807) is 49.4 Å². The number of methoxy groups -OCH3 is 2. The number of thiazole rings is 1. The summed E-state index contributed by atoms with van der Waals surface area (Å²) in [5.74, 6) is 0.937. The number of benzene rings is 2. The molecule has 2 heterocycles. The number of nitrogens with one attached hydrogen (secondary N) is 1. The number of hydrogen-bond acceptors (Lipinski definition) is 7. The van der Waals surface area contributed by atoms with E-state index in [9.17, 15) is 4.79 Å². The number of aromatic nitrogens is 3. The predicted molar refractivity (Wildman–Crippen MR) is 139 cm³/mol. The Morgan fingerprint density at radius 1 is 1.26 bits per heavy atom. The Balaban J connectivity index is 1.86.